The first-order valence-electron chi connectivity index (χ1n) is 5.27. The molecule has 0 amide bonds. The highest BCUT2D eigenvalue weighted by molar-refractivity contribution is 7.99. The van der Waals surface area contributed by atoms with Crippen LogP contribution in [0.4, 0.5) is 0 Å². The van der Waals surface area contributed by atoms with Gasteiger partial charge < -0.3 is 5.32 Å². The van der Waals surface area contributed by atoms with Crippen LogP contribution in [0.5, 0.6) is 0 Å². The molecule has 1 aliphatic heterocycles. The molecule has 1 aromatic rings. The first-order chi connectivity index (χ1) is 6.95. The fourth-order valence-corrected chi connectivity index (χ4v) is 2.67. The van der Waals surface area contributed by atoms with Crippen LogP contribution >= 0.6 is 11.8 Å². The van der Waals surface area contributed by atoms with Crippen LogP contribution in [0.25, 0.3) is 0 Å². The Morgan fingerprint density at radius 2 is 2.00 bits per heavy atom. The highest BCUT2D eigenvalue weighted by Gasteiger charge is 2.15. The van der Waals surface area contributed by atoms with E-state index in [0.29, 0.717) is 0 Å². The molecule has 0 aliphatic carbocycles. The molecule has 0 saturated carbocycles. The summed E-state index contributed by atoms with van der Waals surface area (Å²) in [5, 5.41) is 3.31. The minimum atomic E-state index is 0.941. The maximum absolute atomic E-state index is 3.31. The van der Waals surface area contributed by atoms with Crippen LogP contribution in [0.2, 0.25) is 0 Å². The predicted molar refractivity (Wildman–Crippen MR) is 63.8 cm³/mol. The standard InChI is InChI=1S/C12H17NS/c1-2-4-11(5-3-1)6-7-14-10-12-8-13-9-12/h1-5,12-13H,6-10H2. The van der Waals surface area contributed by atoms with Gasteiger partial charge in [-0.05, 0) is 42.5 Å². The SMILES string of the molecule is c1ccc(CCSCC2CNC2)cc1. The fourth-order valence-electron chi connectivity index (χ4n) is 1.55. The highest BCUT2D eigenvalue weighted by Crippen LogP contribution is 2.13. The summed E-state index contributed by atoms with van der Waals surface area (Å²) in [5.74, 6) is 3.54. The van der Waals surface area contributed by atoms with E-state index in [0.717, 1.165) is 5.92 Å². The van der Waals surface area contributed by atoms with Gasteiger partial charge in [-0.3, -0.25) is 0 Å². The third-order valence-electron chi connectivity index (χ3n) is 2.60. The number of hydrogen-bond acceptors (Lipinski definition) is 2. The molecular formula is C12H17NS. The minimum absolute atomic E-state index is 0.941. The molecule has 1 fully saturated rings. The Kier molecular flexibility index (Phi) is 3.90. The van der Waals surface area contributed by atoms with Crippen molar-refractivity contribution in [3.05, 3.63) is 35.9 Å². The summed E-state index contributed by atoms with van der Waals surface area (Å²) in [6.07, 6.45) is 1.21. The number of rotatable bonds is 5. The molecule has 76 valence electrons. The van der Waals surface area contributed by atoms with Crippen LogP contribution in [0.3, 0.4) is 0 Å². The van der Waals surface area contributed by atoms with Crippen LogP contribution in [0.15, 0.2) is 30.3 Å². The van der Waals surface area contributed by atoms with Crippen molar-refractivity contribution in [2.24, 2.45) is 5.92 Å². The molecule has 2 rings (SSSR count). The lowest BCUT2D eigenvalue weighted by Gasteiger charge is -2.26. The highest BCUT2D eigenvalue weighted by atomic mass is 32.2. The van der Waals surface area contributed by atoms with Crippen LogP contribution in [-0.4, -0.2) is 24.6 Å². The Bertz CT molecular complexity index is 256. The van der Waals surface area contributed by atoms with E-state index in [2.05, 4.69) is 47.4 Å². The van der Waals surface area contributed by atoms with E-state index in [-0.39, 0.29) is 0 Å². The lowest BCUT2D eigenvalue weighted by atomic mass is 10.1. The monoisotopic (exact) mass is 207 g/mol. The second-order valence-electron chi connectivity index (χ2n) is 3.83. The topological polar surface area (TPSA) is 12.0 Å². The van der Waals surface area contributed by atoms with E-state index in [1.807, 2.05) is 0 Å². The van der Waals surface area contributed by atoms with Gasteiger partial charge in [0, 0.05) is 0 Å². The van der Waals surface area contributed by atoms with Crippen LogP contribution in [-0.2, 0) is 6.42 Å². The number of hydrogen-bond donors (Lipinski definition) is 1. The van der Waals surface area contributed by atoms with E-state index in [1.54, 1.807) is 0 Å². The number of thioether (sulfide) groups is 1. The van der Waals surface area contributed by atoms with Crippen LogP contribution in [0, 0.1) is 5.92 Å². The Hall–Kier alpha value is -0.470. The Balaban J connectivity index is 1.58. The first-order valence-corrected chi connectivity index (χ1v) is 6.43. The van der Waals surface area contributed by atoms with Crippen LogP contribution < -0.4 is 5.32 Å². The molecule has 0 unspecified atom stereocenters. The summed E-state index contributed by atoms with van der Waals surface area (Å²) < 4.78 is 0. The van der Waals surface area contributed by atoms with E-state index in [4.69, 9.17) is 0 Å². The van der Waals surface area contributed by atoms with E-state index < -0.39 is 0 Å². The van der Waals surface area contributed by atoms with Crippen molar-refractivity contribution < 1.29 is 0 Å². The summed E-state index contributed by atoms with van der Waals surface area (Å²) in [7, 11) is 0. The Morgan fingerprint density at radius 3 is 2.64 bits per heavy atom. The average Bonchev–Trinajstić information content (AvgIpc) is 2.16. The zero-order valence-electron chi connectivity index (χ0n) is 8.41. The lowest BCUT2D eigenvalue weighted by molar-refractivity contribution is 0.385. The van der Waals surface area contributed by atoms with Crippen molar-refractivity contribution in [3.63, 3.8) is 0 Å². The molecule has 2 heteroatoms. The zero-order valence-corrected chi connectivity index (χ0v) is 9.22. The van der Waals surface area contributed by atoms with Gasteiger partial charge in [0.2, 0.25) is 0 Å². The summed E-state index contributed by atoms with van der Waals surface area (Å²) in [6.45, 7) is 2.47. The molecule has 1 nitrogen and oxygen atoms in total. The normalized spacial score (nSPS) is 16.6. The van der Waals surface area contributed by atoms with Crippen molar-refractivity contribution in [2.45, 2.75) is 6.42 Å². The molecule has 0 atom stereocenters. The molecule has 0 bridgehead atoms. The maximum Gasteiger partial charge on any atom is -0.0000326 e. The van der Waals surface area contributed by atoms with E-state index in [1.165, 1.54) is 36.6 Å². The van der Waals surface area contributed by atoms with Gasteiger partial charge in [0.15, 0.2) is 0 Å². The molecule has 1 aromatic carbocycles. The summed E-state index contributed by atoms with van der Waals surface area (Å²) in [4.78, 5) is 0. The molecule has 0 aromatic heterocycles. The lowest BCUT2D eigenvalue weighted by Crippen LogP contribution is -2.43. The minimum Gasteiger partial charge on any atom is -0.316 e. The predicted octanol–water partition coefficient (Wildman–Crippen LogP) is 2.18. The Labute approximate surface area is 90.3 Å². The van der Waals surface area contributed by atoms with Gasteiger partial charge in [-0.1, -0.05) is 30.3 Å². The molecule has 1 heterocycles. The van der Waals surface area contributed by atoms with Crippen molar-refractivity contribution in [3.8, 4) is 0 Å². The number of benzene rings is 1. The van der Waals surface area contributed by atoms with Crippen molar-refractivity contribution in [1.29, 1.82) is 0 Å². The van der Waals surface area contributed by atoms with Gasteiger partial charge in [-0.2, -0.15) is 11.8 Å². The van der Waals surface area contributed by atoms with Crippen molar-refractivity contribution in [1.82, 2.24) is 5.32 Å². The Morgan fingerprint density at radius 1 is 1.21 bits per heavy atom. The van der Waals surface area contributed by atoms with Gasteiger partial charge in [0.05, 0.1) is 0 Å². The molecule has 1 saturated heterocycles. The third-order valence-corrected chi connectivity index (χ3v) is 3.80. The zero-order chi connectivity index (χ0) is 9.64. The van der Waals surface area contributed by atoms with E-state index >= 15 is 0 Å². The van der Waals surface area contributed by atoms with E-state index in [9.17, 15) is 0 Å². The van der Waals surface area contributed by atoms with Crippen molar-refractivity contribution >= 4 is 11.8 Å². The molecule has 0 radical (unpaired) electrons. The van der Waals surface area contributed by atoms with Crippen LogP contribution in [0.1, 0.15) is 5.56 Å². The summed E-state index contributed by atoms with van der Waals surface area (Å²) in [5.41, 5.74) is 1.46. The number of nitrogens with one attached hydrogen (secondary N) is 1. The smallest absolute Gasteiger partial charge is 0.0000326 e. The second-order valence-corrected chi connectivity index (χ2v) is 4.98. The molecule has 0 spiro atoms. The van der Waals surface area contributed by atoms with Gasteiger partial charge in [-0.15, -0.1) is 0 Å². The molecule has 1 aliphatic rings. The molecule has 14 heavy (non-hydrogen) atoms. The largest absolute Gasteiger partial charge is 0.316 e. The fraction of sp³-hybridized carbons (Fsp3) is 0.500. The van der Waals surface area contributed by atoms with Crippen molar-refractivity contribution in [2.75, 3.05) is 24.6 Å². The second kappa shape index (κ2) is 5.42. The first kappa shape index (κ1) is 10.1. The summed E-state index contributed by atoms with van der Waals surface area (Å²) in [6, 6.07) is 10.7. The van der Waals surface area contributed by atoms with Gasteiger partial charge in [-0.25, -0.2) is 0 Å². The summed E-state index contributed by atoms with van der Waals surface area (Å²) >= 11 is 2.09. The molecule has 1 N–H and O–H groups in total. The van der Waals surface area contributed by atoms with Gasteiger partial charge in [0.1, 0.15) is 0 Å². The quantitative estimate of drug-likeness (QED) is 0.743. The number of aryl methyl sites for hydroxylation is 1. The average molecular weight is 207 g/mol. The maximum atomic E-state index is 3.31. The van der Waals surface area contributed by atoms with Gasteiger partial charge in [0.25, 0.3) is 0 Å². The molecular weight excluding hydrogens is 190 g/mol. The van der Waals surface area contributed by atoms with Gasteiger partial charge >= 0.3 is 0 Å². The third kappa shape index (κ3) is 3.03.